The third-order valence-electron chi connectivity index (χ3n) is 3.19. The predicted octanol–water partition coefficient (Wildman–Crippen LogP) is 3.03. The molecule has 0 aliphatic rings. The molecule has 0 amide bonds. The van der Waals surface area contributed by atoms with Crippen molar-refractivity contribution < 1.29 is 13.2 Å². The van der Waals surface area contributed by atoms with Gasteiger partial charge in [0.15, 0.2) is 0 Å². The van der Waals surface area contributed by atoms with Gasteiger partial charge in [0, 0.05) is 17.5 Å². The fourth-order valence-electron chi connectivity index (χ4n) is 2.12. The van der Waals surface area contributed by atoms with E-state index in [0.29, 0.717) is 28.1 Å². The number of hydrogen-bond donors (Lipinski definition) is 2. The van der Waals surface area contributed by atoms with E-state index in [2.05, 4.69) is 20.5 Å². The lowest BCUT2D eigenvalue weighted by Gasteiger charge is -2.07. The number of anilines is 1. The molecule has 10 heteroatoms. The molecular formula is C14H13F3N6S. The smallest absolute Gasteiger partial charge is 0.308 e. The largest absolute Gasteiger partial charge is 0.416 e. The molecule has 0 saturated heterocycles. The third-order valence-corrected chi connectivity index (χ3v) is 4.10. The number of aryl methyl sites for hydroxylation is 1. The molecule has 2 aromatic heterocycles. The van der Waals surface area contributed by atoms with E-state index in [-0.39, 0.29) is 0 Å². The van der Waals surface area contributed by atoms with Crippen LogP contribution in [0.2, 0.25) is 0 Å². The van der Waals surface area contributed by atoms with Gasteiger partial charge >= 0.3 is 6.18 Å². The maximum atomic E-state index is 12.7. The topological polar surface area (TPSA) is 81.1 Å². The Labute approximate surface area is 139 Å². The summed E-state index contributed by atoms with van der Waals surface area (Å²) in [4.78, 5) is 8.49. The van der Waals surface area contributed by atoms with E-state index < -0.39 is 11.7 Å². The Balaban J connectivity index is 1.81. The number of hydrazine groups is 1. The molecule has 0 unspecified atom stereocenters. The fourth-order valence-corrected chi connectivity index (χ4v) is 2.88. The maximum Gasteiger partial charge on any atom is 0.416 e. The minimum absolute atomic E-state index is 0.311. The monoisotopic (exact) mass is 354 g/mol. The molecule has 3 rings (SSSR count). The standard InChI is InChI=1S/C14H13F3N6S/c1-8-5-11(21-18)23-12(19-8)20-13(22-23)24-7-9-3-2-4-10(6-9)14(15,16)17/h2-6,21H,7,18H2,1H3. The quantitative estimate of drug-likeness (QED) is 0.426. The first-order valence-corrected chi connectivity index (χ1v) is 7.85. The van der Waals surface area contributed by atoms with Crippen molar-refractivity contribution in [2.24, 2.45) is 5.84 Å². The number of nitrogens with one attached hydrogen (secondary N) is 1. The Morgan fingerprint density at radius 3 is 2.75 bits per heavy atom. The van der Waals surface area contributed by atoms with Crippen molar-refractivity contribution in [2.45, 2.75) is 24.0 Å². The average Bonchev–Trinajstić information content (AvgIpc) is 2.94. The van der Waals surface area contributed by atoms with E-state index in [1.54, 1.807) is 19.1 Å². The van der Waals surface area contributed by atoms with E-state index in [9.17, 15) is 13.2 Å². The van der Waals surface area contributed by atoms with Gasteiger partial charge in [-0.15, -0.1) is 5.10 Å². The highest BCUT2D eigenvalue weighted by molar-refractivity contribution is 7.98. The van der Waals surface area contributed by atoms with E-state index >= 15 is 0 Å². The molecular weight excluding hydrogens is 341 g/mol. The van der Waals surface area contributed by atoms with Crippen LogP contribution in [-0.2, 0) is 11.9 Å². The molecule has 0 radical (unpaired) electrons. The van der Waals surface area contributed by atoms with Crippen molar-refractivity contribution in [2.75, 3.05) is 5.43 Å². The van der Waals surface area contributed by atoms with Crippen LogP contribution in [0.25, 0.3) is 5.78 Å². The minimum atomic E-state index is -4.36. The number of nitrogens with two attached hydrogens (primary N) is 1. The van der Waals surface area contributed by atoms with Gasteiger partial charge in [0.05, 0.1) is 5.56 Å². The van der Waals surface area contributed by atoms with Crippen LogP contribution >= 0.6 is 11.8 Å². The molecule has 0 atom stereocenters. The van der Waals surface area contributed by atoms with Gasteiger partial charge in [-0.3, -0.25) is 0 Å². The summed E-state index contributed by atoms with van der Waals surface area (Å²) in [7, 11) is 0. The number of thioether (sulfide) groups is 1. The zero-order chi connectivity index (χ0) is 17.3. The number of alkyl halides is 3. The molecule has 0 saturated carbocycles. The molecule has 0 bridgehead atoms. The van der Waals surface area contributed by atoms with Gasteiger partial charge in [0.25, 0.3) is 5.78 Å². The van der Waals surface area contributed by atoms with Crippen LogP contribution in [0.15, 0.2) is 35.5 Å². The van der Waals surface area contributed by atoms with Gasteiger partial charge in [0.1, 0.15) is 5.82 Å². The molecule has 0 spiro atoms. The normalized spacial score (nSPS) is 11.9. The van der Waals surface area contributed by atoms with Crippen molar-refractivity contribution in [1.29, 1.82) is 0 Å². The van der Waals surface area contributed by atoms with E-state index in [4.69, 9.17) is 5.84 Å². The third kappa shape index (κ3) is 3.44. The highest BCUT2D eigenvalue weighted by atomic mass is 32.2. The van der Waals surface area contributed by atoms with Crippen molar-refractivity contribution in [3.8, 4) is 0 Å². The Bertz CT molecular complexity index is 877. The molecule has 1 aromatic carbocycles. The highest BCUT2D eigenvalue weighted by Gasteiger charge is 2.30. The molecule has 3 aromatic rings. The summed E-state index contributed by atoms with van der Waals surface area (Å²) in [6.07, 6.45) is -4.36. The molecule has 24 heavy (non-hydrogen) atoms. The van der Waals surface area contributed by atoms with Crippen molar-refractivity contribution in [1.82, 2.24) is 19.6 Å². The lowest BCUT2D eigenvalue weighted by Crippen LogP contribution is -2.12. The second kappa shape index (κ2) is 6.29. The van der Waals surface area contributed by atoms with Crippen molar-refractivity contribution >= 4 is 23.4 Å². The van der Waals surface area contributed by atoms with Gasteiger partial charge in [-0.05, 0) is 18.6 Å². The lowest BCUT2D eigenvalue weighted by atomic mass is 10.1. The number of nitrogens with zero attached hydrogens (tertiary/aromatic N) is 4. The molecule has 3 N–H and O–H groups in total. The fraction of sp³-hybridized carbons (Fsp3) is 0.214. The van der Waals surface area contributed by atoms with E-state index in [1.807, 2.05) is 0 Å². The predicted molar refractivity (Wildman–Crippen MR) is 84.3 cm³/mol. The van der Waals surface area contributed by atoms with Crippen LogP contribution in [0.5, 0.6) is 0 Å². The van der Waals surface area contributed by atoms with Crippen LogP contribution in [0.3, 0.4) is 0 Å². The van der Waals surface area contributed by atoms with Crippen molar-refractivity contribution in [3.63, 3.8) is 0 Å². The maximum absolute atomic E-state index is 12.7. The first-order chi connectivity index (χ1) is 11.4. The highest BCUT2D eigenvalue weighted by Crippen LogP contribution is 2.31. The number of hydrogen-bond acceptors (Lipinski definition) is 6. The van der Waals surface area contributed by atoms with Gasteiger partial charge in [-0.25, -0.2) is 10.8 Å². The van der Waals surface area contributed by atoms with Gasteiger partial charge in [-0.1, -0.05) is 30.0 Å². The Hall–Kier alpha value is -2.33. The van der Waals surface area contributed by atoms with Crippen LogP contribution in [0.1, 0.15) is 16.8 Å². The molecule has 0 aliphatic heterocycles. The average molecular weight is 354 g/mol. The zero-order valence-corrected chi connectivity index (χ0v) is 13.3. The Kier molecular flexibility index (Phi) is 4.33. The summed E-state index contributed by atoms with van der Waals surface area (Å²) in [5.74, 6) is 6.64. The Morgan fingerprint density at radius 1 is 1.25 bits per heavy atom. The first-order valence-electron chi connectivity index (χ1n) is 6.87. The molecule has 126 valence electrons. The SMILES string of the molecule is Cc1cc(NN)n2nc(SCc3cccc(C(F)(F)F)c3)nc2n1. The summed E-state index contributed by atoms with van der Waals surface area (Å²) in [5.41, 5.74) is 3.09. The van der Waals surface area contributed by atoms with Crippen LogP contribution in [0.4, 0.5) is 19.0 Å². The zero-order valence-electron chi connectivity index (χ0n) is 12.5. The second-order valence-electron chi connectivity index (χ2n) is 5.02. The summed E-state index contributed by atoms with van der Waals surface area (Å²) in [6.45, 7) is 1.80. The number of rotatable bonds is 4. The van der Waals surface area contributed by atoms with Crippen LogP contribution < -0.4 is 11.3 Å². The molecule has 6 nitrogen and oxygen atoms in total. The van der Waals surface area contributed by atoms with Crippen LogP contribution in [0, 0.1) is 6.92 Å². The second-order valence-corrected chi connectivity index (χ2v) is 5.96. The van der Waals surface area contributed by atoms with Crippen LogP contribution in [-0.4, -0.2) is 19.6 Å². The summed E-state index contributed by atoms with van der Waals surface area (Å²) in [6, 6.07) is 6.90. The van der Waals surface area contributed by atoms with Gasteiger partial charge in [0.2, 0.25) is 5.16 Å². The minimum Gasteiger partial charge on any atom is -0.308 e. The molecule has 0 aliphatic carbocycles. The van der Waals surface area contributed by atoms with Crippen molar-refractivity contribution in [3.05, 3.63) is 47.2 Å². The summed E-state index contributed by atoms with van der Waals surface area (Å²) >= 11 is 1.22. The summed E-state index contributed by atoms with van der Waals surface area (Å²) < 4.78 is 39.6. The molecule has 0 fully saturated rings. The number of nitrogen functional groups attached to an aromatic ring is 1. The first kappa shape index (κ1) is 16.5. The summed E-state index contributed by atoms with van der Waals surface area (Å²) in [5, 5.41) is 4.66. The number of benzene rings is 1. The van der Waals surface area contributed by atoms with E-state index in [0.717, 1.165) is 17.8 Å². The van der Waals surface area contributed by atoms with Gasteiger partial charge in [-0.2, -0.15) is 22.7 Å². The number of halogens is 3. The Morgan fingerprint density at radius 2 is 2.04 bits per heavy atom. The lowest BCUT2D eigenvalue weighted by molar-refractivity contribution is -0.137. The van der Waals surface area contributed by atoms with Gasteiger partial charge < -0.3 is 5.43 Å². The number of fused-ring (bicyclic) bond motifs is 1. The van der Waals surface area contributed by atoms with E-state index in [1.165, 1.54) is 22.3 Å². The number of aromatic nitrogens is 4. The molecule has 2 heterocycles.